The van der Waals surface area contributed by atoms with E-state index >= 15 is 0 Å². The lowest BCUT2D eigenvalue weighted by Gasteiger charge is -2.13. The number of halogens is 2. The average Bonchev–Trinajstić information content (AvgIpc) is 2.55. The number of para-hydroxylation sites is 1. The van der Waals surface area contributed by atoms with Crippen LogP contribution in [0.1, 0.15) is 10.4 Å². The Kier molecular flexibility index (Phi) is 5.32. The Morgan fingerprint density at radius 2 is 1.76 bits per heavy atom. The number of rotatable bonds is 6. The number of carbonyl (C=O) groups is 2. The van der Waals surface area contributed by atoms with Crippen LogP contribution < -0.4 is 15.8 Å². The van der Waals surface area contributed by atoms with Crippen molar-refractivity contribution < 1.29 is 26.8 Å². The van der Waals surface area contributed by atoms with Crippen molar-refractivity contribution in [2.75, 3.05) is 11.3 Å². The zero-order chi connectivity index (χ0) is 18.6. The van der Waals surface area contributed by atoms with E-state index in [2.05, 4.69) is 5.32 Å². The summed E-state index contributed by atoms with van der Waals surface area (Å²) < 4.78 is 53.6. The fraction of sp³-hybridized carbons (Fsp3) is 0.0667. The van der Waals surface area contributed by atoms with Gasteiger partial charge in [-0.1, -0.05) is 12.1 Å². The number of nitrogens with one attached hydrogen (secondary N) is 2. The van der Waals surface area contributed by atoms with Crippen molar-refractivity contribution in [2.24, 2.45) is 5.73 Å². The van der Waals surface area contributed by atoms with Crippen LogP contribution in [-0.4, -0.2) is 26.8 Å². The van der Waals surface area contributed by atoms with Gasteiger partial charge in [-0.25, -0.2) is 17.2 Å². The van der Waals surface area contributed by atoms with E-state index in [0.717, 1.165) is 6.07 Å². The maximum atomic E-state index is 13.7. The molecule has 0 spiro atoms. The molecule has 0 aliphatic carbocycles. The first-order valence-electron chi connectivity index (χ1n) is 6.84. The second kappa shape index (κ2) is 7.26. The van der Waals surface area contributed by atoms with Crippen LogP contribution in [0.25, 0.3) is 0 Å². The molecule has 0 atom stereocenters. The van der Waals surface area contributed by atoms with Gasteiger partial charge in [0.15, 0.2) is 0 Å². The van der Waals surface area contributed by atoms with E-state index in [-0.39, 0.29) is 11.3 Å². The third kappa shape index (κ3) is 4.51. The summed E-state index contributed by atoms with van der Waals surface area (Å²) in [5.41, 5.74) is 4.63. The van der Waals surface area contributed by atoms with Crippen molar-refractivity contribution in [3.8, 4) is 0 Å². The van der Waals surface area contributed by atoms with Gasteiger partial charge in [0.2, 0.25) is 5.91 Å². The number of anilines is 1. The second-order valence-corrected chi connectivity index (χ2v) is 6.53. The smallest absolute Gasteiger partial charge is 0.264 e. The van der Waals surface area contributed by atoms with Gasteiger partial charge in [0, 0.05) is 0 Å². The molecule has 0 aliphatic rings. The minimum Gasteiger partial charge on any atom is -0.368 e. The van der Waals surface area contributed by atoms with Gasteiger partial charge in [-0.3, -0.25) is 14.3 Å². The Morgan fingerprint density at radius 3 is 2.44 bits per heavy atom. The lowest BCUT2D eigenvalue weighted by Crippen LogP contribution is -2.33. The van der Waals surface area contributed by atoms with Crippen LogP contribution in [0.15, 0.2) is 47.4 Å². The maximum absolute atomic E-state index is 13.7. The van der Waals surface area contributed by atoms with Crippen LogP contribution >= 0.6 is 0 Å². The molecule has 2 amide bonds. The zero-order valence-corrected chi connectivity index (χ0v) is 13.4. The summed E-state index contributed by atoms with van der Waals surface area (Å²) >= 11 is 0. The Labute approximate surface area is 141 Å². The summed E-state index contributed by atoms with van der Waals surface area (Å²) in [6.07, 6.45) is 0. The molecule has 2 aromatic rings. The molecule has 0 aliphatic heterocycles. The summed E-state index contributed by atoms with van der Waals surface area (Å²) in [5, 5.41) is 2.20. The van der Waals surface area contributed by atoms with Gasteiger partial charge in [0.25, 0.3) is 15.9 Å². The fourth-order valence-electron chi connectivity index (χ4n) is 1.92. The van der Waals surface area contributed by atoms with Crippen LogP contribution in [0, 0.1) is 11.6 Å². The molecular formula is C15H13F2N3O4S. The summed E-state index contributed by atoms with van der Waals surface area (Å²) in [5.74, 6) is -3.64. The average molecular weight is 369 g/mol. The first-order valence-corrected chi connectivity index (χ1v) is 8.32. The first-order chi connectivity index (χ1) is 11.7. The van der Waals surface area contributed by atoms with Crippen molar-refractivity contribution in [1.82, 2.24) is 5.32 Å². The molecule has 0 saturated heterocycles. The summed E-state index contributed by atoms with van der Waals surface area (Å²) in [6, 6.07) is 7.41. The van der Waals surface area contributed by atoms with Crippen molar-refractivity contribution >= 4 is 27.5 Å². The quantitative estimate of drug-likeness (QED) is 0.703. The molecule has 0 bridgehead atoms. The van der Waals surface area contributed by atoms with Gasteiger partial charge in [0.1, 0.15) is 16.5 Å². The minimum absolute atomic E-state index is 0.121. The van der Waals surface area contributed by atoms with Gasteiger partial charge in [-0.2, -0.15) is 0 Å². The van der Waals surface area contributed by atoms with Gasteiger partial charge in [-0.05, 0) is 30.3 Å². The van der Waals surface area contributed by atoms with E-state index in [1.165, 1.54) is 24.3 Å². The highest BCUT2D eigenvalue weighted by Gasteiger charge is 2.22. The molecule has 0 fully saturated rings. The Hall–Kier alpha value is -3.01. The lowest BCUT2D eigenvalue weighted by atomic mass is 10.1. The standard InChI is InChI=1S/C15H13F2N3O4S/c16-9-5-6-11(17)13(7-9)25(23,24)20-12-4-2-1-3-10(12)15(22)19-8-14(18)21/h1-7,20H,8H2,(H2,18,21)(H,19,22). The number of amides is 2. The number of hydrogen-bond acceptors (Lipinski definition) is 4. The van der Waals surface area contributed by atoms with Gasteiger partial charge >= 0.3 is 0 Å². The fourth-order valence-corrected chi connectivity index (χ4v) is 3.09. The Bertz CT molecular complexity index is 932. The molecule has 4 N–H and O–H groups in total. The highest BCUT2D eigenvalue weighted by molar-refractivity contribution is 7.92. The molecule has 0 radical (unpaired) electrons. The molecule has 25 heavy (non-hydrogen) atoms. The molecule has 2 rings (SSSR count). The number of nitrogens with two attached hydrogens (primary N) is 1. The predicted molar refractivity (Wildman–Crippen MR) is 85.1 cm³/mol. The number of carbonyl (C=O) groups excluding carboxylic acids is 2. The maximum Gasteiger partial charge on any atom is 0.264 e. The molecule has 0 heterocycles. The van der Waals surface area contributed by atoms with Crippen molar-refractivity contribution in [1.29, 1.82) is 0 Å². The summed E-state index contributed by atoms with van der Waals surface area (Å²) in [4.78, 5) is 21.8. The highest BCUT2D eigenvalue weighted by atomic mass is 32.2. The monoisotopic (exact) mass is 369 g/mol. The number of benzene rings is 2. The van der Waals surface area contributed by atoms with E-state index < -0.39 is 44.9 Å². The lowest BCUT2D eigenvalue weighted by molar-refractivity contribution is -0.117. The summed E-state index contributed by atoms with van der Waals surface area (Å²) in [7, 11) is -4.49. The molecular weight excluding hydrogens is 356 g/mol. The molecule has 132 valence electrons. The van der Waals surface area contributed by atoms with E-state index in [1.54, 1.807) is 0 Å². The third-order valence-electron chi connectivity index (χ3n) is 3.02. The van der Waals surface area contributed by atoms with Gasteiger partial charge < -0.3 is 11.1 Å². The third-order valence-corrected chi connectivity index (χ3v) is 4.40. The Morgan fingerprint density at radius 1 is 1.08 bits per heavy atom. The predicted octanol–water partition coefficient (Wildman–Crippen LogP) is 0.981. The van der Waals surface area contributed by atoms with E-state index in [1.807, 2.05) is 4.72 Å². The van der Waals surface area contributed by atoms with Crippen molar-refractivity contribution in [3.63, 3.8) is 0 Å². The van der Waals surface area contributed by atoms with E-state index in [0.29, 0.717) is 12.1 Å². The van der Waals surface area contributed by atoms with Crippen LogP contribution in [0.4, 0.5) is 14.5 Å². The molecule has 0 unspecified atom stereocenters. The van der Waals surface area contributed by atoms with E-state index in [9.17, 15) is 26.8 Å². The SMILES string of the molecule is NC(=O)CNC(=O)c1ccccc1NS(=O)(=O)c1cc(F)ccc1F. The van der Waals surface area contributed by atoms with Gasteiger partial charge in [-0.15, -0.1) is 0 Å². The first kappa shape index (κ1) is 18.3. The topological polar surface area (TPSA) is 118 Å². The molecule has 2 aromatic carbocycles. The normalized spacial score (nSPS) is 11.0. The molecule has 0 saturated carbocycles. The van der Waals surface area contributed by atoms with Crippen molar-refractivity contribution in [2.45, 2.75) is 4.90 Å². The van der Waals surface area contributed by atoms with Crippen LogP contribution in [0.3, 0.4) is 0 Å². The number of hydrogen-bond donors (Lipinski definition) is 3. The summed E-state index contributed by atoms with van der Waals surface area (Å²) in [6.45, 7) is -0.446. The Balaban J connectivity index is 2.35. The molecule has 7 nitrogen and oxygen atoms in total. The molecule has 0 aromatic heterocycles. The number of sulfonamides is 1. The van der Waals surface area contributed by atoms with Crippen LogP contribution in [0.5, 0.6) is 0 Å². The van der Waals surface area contributed by atoms with Crippen LogP contribution in [-0.2, 0) is 14.8 Å². The van der Waals surface area contributed by atoms with Crippen molar-refractivity contribution in [3.05, 3.63) is 59.7 Å². The largest absolute Gasteiger partial charge is 0.368 e. The van der Waals surface area contributed by atoms with Crippen LogP contribution in [0.2, 0.25) is 0 Å². The highest BCUT2D eigenvalue weighted by Crippen LogP contribution is 2.22. The minimum atomic E-state index is -4.49. The van der Waals surface area contributed by atoms with Gasteiger partial charge in [0.05, 0.1) is 17.8 Å². The molecule has 10 heteroatoms. The second-order valence-electron chi connectivity index (χ2n) is 4.87. The van der Waals surface area contributed by atoms with E-state index in [4.69, 9.17) is 5.73 Å². The number of primary amides is 1. The zero-order valence-electron chi connectivity index (χ0n) is 12.6.